The minimum atomic E-state index is -0.396. The third kappa shape index (κ3) is 3.88. The number of hydrogen-bond donors (Lipinski definition) is 0. The molecule has 0 bridgehead atoms. The fourth-order valence-electron chi connectivity index (χ4n) is 2.76. The van der Waals surface area contributed by atoms with Crippen LogP contribution in [0.1, 0.15) is 29.8 Å². The summed E-state index contributed by atoms with van der Waals surface area (Å²) in [6.45, 7) is 5.96. The first-order valence-electron chi connectivity index (χ1n) is 8.67. The van der Waals surface area contributed by atoms with Crippen LogP contribution < -0.4 is 4.90 Å². The van der Waals surface area contributed by atoms with Crippen LogP contribution in [0, 0.1) is 12.8 Å². The molecule has 0 aliphatic carbocycles. The number of aliphatic imine (C=N–C) groups is 1. The summed E-state index contributed by atoms with van der Waals surface area (Å²) >= 11 is 1.32. The molecule has 0 unspecified atom stereocenters. The van der Waals surface area contributed by atoms with Gasteiger partial charge in [-0.2, -0.15) is 0 Å². The van der Waals surface area contributed by atoms with Crippen LogP contribution in [0.15, 0.2) is 59.6 Å². The number of aryl methyl sites for hydroxylation is 1. The zero-order valence-electron chi connectivity index (χ0n) is 15.2. The van der Waals surface area contributed by atoms with Crippen molar-refractivity contribution in [2.45, 2.75) is 26.8 Å². The number of anilines is 1. The summed E-state index contributed by atoms with van der Waals surface area (Å²) in [7, 11) is 0. The number of Topliss-reactive ketones (excluding diaryl/α,β-unsaturated/α-hetero) is 1. The van der Waals surface area contributed by atoms with E-state index < -0.39 is 6.04 Å². The van der Waals surface area contributed by atoms with E-state index in [0.29, 0.717) is 10.7 Å². The summed E-state index contributed by atoms with van der Waals surface area (Å²) in [5, 5.41) is 0.598. The maximum absolute atomic E-state index is 12.8. The van der Waals surface area contributed by atoms with Gasteiger partial charge in [-0.15, -0.1) is 0 Å². The standard InChI is InChI=1S/C21H22N2O2S/c1-14(2)19-20(25)23(17-7-5-4-6-8-17)21(22-19)26-13-18(24)16-11-9-15(3)10-12-16/h4-12,14,19H,13H2,1-3H3/t19-/m1/s1. The molecule has 26 heavy (non-hydrogen) atoms. The molecule has 0 spiro atoms. The number of rotatable bonds is 5. The smallest absolute Gasteiger partial charge is 0.258 e. The number of benzene rings is 2. The van der Waals surface area contributed by atoms with E-state index >= 15 is 0 Å². The molecule has 1 heterocycles. The summed E-state index contributed by atoms with van der Waals surface area (Å²) < 4.78 is 0. The molecule has 2 aromatic rings. The molecule has 1 aliphatic rings. The van der Waals surface area contributed by atoms with Gasteiger partial charge in [-0.3, -0.25) is 14.5 Å². The summed E-state index contributed by atoms with van der Waals surface area (Å²) in [6, 6.07) is 16.6. The van der Waals surface area contributed by atoms with Crippen LogP contribution >= 0.6 is 11.8 Å². The lowest BCUT2D eigenvalue weighted by Gasteiger charge is -2.19. The number of carbonyl (C=O) groups excluding carboxylic acids is 2. The van der Waals surface area contributed by atoms with Gasteiger partial charge in [0.25, 0.3) is 5.91 Å². The molecular weight excluding hydrogens is 344 g/mol. The van der Waals surface area contributed by atoms with Gasteiger partial charge in [0, 0.05) is 5.56 Å². The van der Waals surface area contributed by atoms with Gasteiger partial charge in [0.1, 0.15) is 6.04 Å². The molecule has 1 atom stereocenters. The Morgan fingerprint density at radius 3 is 2.38 bits per heavy atom. The van der Waals surface area contributed by atoms with Crippen molar-refractivity contribution in [3.05, 3.63) is 65.7 Å². The van der Waals surface area contributed by atoms with Crippen molar-refractivity contribution in [3.63, 3.8) is 0 Å². The van der Waals surface area contributed by atoms with E-state index in [1.165, 1.54) is 11.8 Å². The Labute approximate surface area is 158 Å². The average molecular weight is 366 g/mol. The highest BCUT2D eigenvalue weighted by atomic mass is 32.2. The number of nitrogens with zero attached hydrogens (tertiary/aromatic N) is 2. The number of carbonyl (C=O) groups is 2. The van der Waals surface area contributed by atoms with E-state index in [1.54, 1.807) is 4.90 Å². The molecule has 0 saturated carbocycles. The third-order valence-corrected chi connectivity index (χ3v) is 5.22. The van der Waals surface area contributed by atoms with Crippen molar-refractivity contribution in [1.82, 2.24) is 0 Å². The van der Waals surface area contributed by atoms with Gasteiger partial charge in [0.2, 0.25) is 0 Å². The molecule has 1 amide bonds. The Kier molecular flexibility index (Phi) is 5.57. The number of hydrogen-bond acceptors (Lipinski definition) is 4. The lowest BCUT2D eigenvalue weighted by molar-refractivity contribution is -0.118. The molecule has 0 saturated heterocycles. The topological polar surface area (TPSA) is 49.7 Å². The van der Waals surface area contributed by atoms with Crippen LogP contribution in [0.25, 0.3) is 0 Å². The molecule has 0 fully saturated rings. The molecule has 1 aliphatic heterocycles. The molecule has 3 rings (SSSR count). The van der Waals surface area contributed by atoms with Crippen LogP contribution in [0.3, 0.4) is 0 Å². The van der Waals surface area contributed by atoms with Crippen molar-refractivity contribution in [2.24, 2.45) is 10.9 Å². The highest BCUT2D eigenvalue weighted by Gasteiger charge is 2.37. The van der Waals surface area contributed by atoms with Crippen LogP contribution in [0.2, 0.25) is 0 Å². The molecular formula is C21H22N2O2S. The van der Waals surface area contributed by atoms with E-state index in [1.807, 2.05) is 75.4 Å². The molecule has 0 radical (unpaired) electrons. The maximum atomic E-state index is 12.8. The minimum absolute atomic E-state index is 0.0310. The number of ketones is 1. The van der Waals surface area contributed by atoms with E-state index in [-0.39, 0.29) is 23.4 Å². The van der Waals surface area contributed by atoms with Gasteiger partial charge in [-0.25, -0.2) is 4.99 Å². The van der Waals surface area contributed by atoms with Gasteiger partial charge in [-0.1, -0.05) is 73.6 Å². The van der Waals surface area contributed by atoms with E-state index in [4.69, 9.17) is 0 Å². The van der Waals surface area contributed by atoms with Crippen molar-refractivity contribution in [3.8, 4) is 0 Å². The Balaban J connectivity index is 1.79. The highest BCUT2D eigenvalue weighted by Crippen LogP contribution is 2.29. The minimum Gasteiger partial charge on any atom is -0.293 e. The third-order valence-electron chi connectivity index (χ3n) is 4.27. The number of thioether (sulfide) groups is 1. The molecule has 4 nitrogen and oxygen atoms in total. The first-order chi connectivity index (χ1) is 12.5. The van der Waals surface area contributed by atoms with Crippen LogP contribution in [-0.4, -0.2) is 28.7 Å². The fraction of sp³-hybridized carbons (Fsp3) is 0.286. The predicted molar refractivity (Wildman–Crippen MR) is 108 cm³/mol. The number of amidine groups is 1. The summed E-state index contributed by atoms with van der Waals surface area (Å²) in [6.07, 6.45) is 0. The number of para-hydroxylation sites is 1. The van der Waals surface area contributed by atoms with Crippen molar-refractivity contribution in [2.75, 3.05) is 10.7 Å². The fourth-order valence-corrected chi connectivity index (χ4v) is 3.70. The largest absolute Gasteiger partial charge is 0.293 e. The van der Waals surface area contributed by atoms with Crippen molar-refractivity contribution >= 4 is 34.3 Å². The van der Waals surface area contributed by atoms with Crippen LogP contribution in [-0.2, 0) is 4.79 Å². The van der Waals surface area contributed by atoms with Gasteiger partial charge in [0.15, 0.2) is 11.0 Å². The zero-order valence-corrected chi connectivity index (χ0v) is 16.0. The van der Waals surface area contributed by atoms with E-state index in [0.717, 1.165) is 11.3 Å². The molecule has 2 aromatic carbocycles. The van der Waals surface area contributed by atoms with Crippen molar-refractivity contribution in [1.29, 1.82) is 0 Å². The normalized spacial score (nSPS) is 16.9. The first kappa shape index (κ1) is 18.4. The van der Waals surface area contributed by atoms with Gasteiger partial charge >= 0.3 is 0 Å². The lowest BCUT2D eigenvalue weighted by atomic mass is 10.1. The molecule has 0 aromatic heterocycles. The zero-order chi connectivity index (χ0) is 18.7. The summed E-state index contributed by atoms with van der Waals surface area (Å²) in [5.41, 5.74) is 2.59. The van der Waals surface area contributed by atoms with Gasteiger partial charge < -0.3 is 0 Å². The Morgan fingerprint density at radius 1 is 1.12 bits per heavy atom. The molecule has 5 heteroatoms. The SMILES string of the molecule is Cc1ccc(C(=O)CSC2=N[C@H](C(C)C)C(=O)N2c2ccccc2)cc1. The van der Waals surface area contributed by atoms with Gasteiger partial charge in [0.05, 0.1) is 11.4 Å². The van der Waals surface area contributed by atoms with E-state index in [2.05, 4.69) is 4.99 Å². The maximum Gasteiger partial charge on any atom is 0.258 e. The Morgan fingerprint density at radius 2 is 1.77 bits per heavy atom. The summed E-state index contributed by atoms with van der Waals surface area (Å²) in [5.74, 6) is 0.366. The van der Waals surface area contributed by atoms with E-state index in [9.17, 15) is 9.59 Å². The second-order valence-corrected chi connectivity index (χ2v) is 7.63. The second-order valence-electron chi connectivity index (χ2n) is 6.69. The molecule has 0 N–H and O–H groups in total. The van der Waals surface area contributed by atoms with Crippen LogP contribution in [0.5, 0.6) is 0 Å². The summed E-state index contributed by atoms with van der Waals surface area (Å²) in [4.78, 5) is 31.5. The van der Waals surface area contributed by atoms with Crippen LogP contribution in [0.4, 0.5) is 5.69 Å². The lowest BCUT2D eigenvalue weighted by Crippen LogP contribution is -2.36. The predicted octanol–water partition coefficient (Wildman–Crippen LogP) is 4.34. The number of amides is 1. The monoisotopic (exact) mass is 366 g/mol. The van der Waals surface area contributed by atoms with Gasteiger partial charge in [-0.05, 0) is 25.0 Å². The Bertz CT molecular complexity index is 829. The first-order valence-corrected chi connectivity index (χ1v) is 9.65. The molecule has 134 valence electrons. The highest BCUT2D eigenvalue weighted by molar-refractivity contribution is 8.14. The van der Waals surface area contributed by atoms with Crippen molar-refractivity contribution < 1.29 is 9.59 Å². The average Bonchev–Trinajstić information content (AvgIpc) is 2.97. The quantitative estimate of drug-likeness (QED) is 0.740. The second kappa shape index (κ2) is 7.87. The Hall–Kier alpha value is -2.40.